The first kappa shape index (κ1) is 22.0. The average molecular weight is 413 g/mol. The van der Waals surface area contributed by atoms with Crippen molar-refractivity contribution in [1.29, 1.82) is 0 Å². The minimum absolute atomic E-state index is 0.341. The van der Waals surface area contributed by atoms with Crippen molar-refractivity contribution in [2.24, 2.45) is 29.1 Å². The lowest BCUT2D eigenvalue weighted by atomic mass is 9.60. The first-order valence-corrected chi connectivity index (χ1v) is 12.3. The Balaban J connectivity index is 1.45. The fourth-order valence-electron chi connectivity index (χ4n) is 6.86. The molecular weight excluding hydrogens is 372 g/mol. The molecule has 0 aliphatic heterocycles. The van der Waals surface area contributed by atoms with E-state index in [0.29, 0.717) is 47.7 Å². The smallest absolute Gasteiger partial charge is 0.135 e. The zero-order chi connectivity index (χ0) is 21.5. The molecule has 2 N–H and O–H groups in total. The number of aliphatic hydroxyl groups excluding tert-OH is 2. The molecule has 4 aliphatic rings. The van der Waals surface area contributed by atoms with Crippen molar-refractivity contribution >= 4 is 5.78 Å². The van der Waals surface area contributed by atoms with Crippen LogP contribution in [-0.2, 0) is 4.79 Å². The lowest BCUT2D eigenvalue weighted by molar-refractivity contribution is -0.120. The molecule has 0 aromatic rings. The van der Waals surface area contributed by atoms with Gasteiger partial charge in [0.15, 0.2) is 0 Å². The second-order valence-electron chi connectivity index (χ2n) is 10.9. The van der Waals surface area contributed by atoms with Gasteiger partial charge in [0, 0.05) is 18.8 Å². The standard InChI is InChI=1S/C27H40O3/c1-17(6-13-25(29)20-8-9-20)23-11-12-24-19(5-4-14-27(23,24)3)7-10-21-15-22(28)16-26(30)18(21)2/h7,10,17,20,22-24,26,28,30H,2,4-6,8-9,11-16H2,1,3H3/b19-7+,21-10-/t17?,22-,23+,24+,26+,27-/m1/s1. The maximum Gasteiger partial charge on any atom is 0.135 e. The van der Waals surface area contributed by atoms with Crippen LogP contribution in [0, 0.1) is 29.1 Å². The van der Waals surface area contributed by atoms with Gasteiger partial charge in [-0.3, -0.25) is 4.79 Å². The fraction of sp³-hybridized carbons (Fsp3) is 0.741. The van der Waals surface area contributed by atoms with Crippen LogP contribution < -0.4 is 0 Å². The Morgan fingerprint density at radius 2 is 2.00 bits per heavy atom. The summed E-state index contributed by atoms with van der Waals surface area (Å²) in [6, 6.07) is 0. The highest BCUT2D eigenvalue weighted by Gasteiger charge is 2.50. The van der Waals surface area contributed by atoms with Gasteiger partial charge >= 0.3 is 0 Å². The number of Topliss-reactive ketones (excluding diaryl/α,β-unsaturated/α-hetero) is 1. The molecule has 0 spiro atoms. The molecule has 4 aliphatic carbocycles. The van der Waals surface area contributed by atoms with E-state index in [1.54, 1.807) is 5.57 Å². The van der Waals surface area contributed by atoms with Crippen LogP contribution >= 0.6 is 0 Å². The predicted octanol–water partition coefficient (Wildman–Crippen LogP) is 5.52. The lowest BCUT2D eigenvalue weighted by Gasteiger charge is -2.44. The summed E-state index contributed by atoms with van der Waals surface area (Å²) in [5.41, 5.74) is 3.66. The molecule has 0 radical (unpaired) electrons. The molecule has 0 aromatic heterocycles. The van der Waals surface area contributed by atoms with E-state index in [0.717, 1.165) is 43.3 Å². The maximum absolute atomic E-state index is 12.2. The number of rotatable bonds is 6. The predicted molar refractivity (Wildman–Crippen MR) is 121 cm³/mol. The van der Waals surface area contributed by atoms with E-state index >= 15 is 0 Å². The molecule has 3 heteroatoms. The van der Waals surface area contributed by atoms with Gasteiger partial charge in [-0.25, -0.2) is 0 Å². The number of carbonyl (C=O) groups excluding carboxylic acids is 1. The first-order valence-electron chi connectivity index (χ1n) is 12.3. The van der Waals surface area contributed by atoms with Crippen LogP contribution in [0.2, 0.25) is 0 Å². The van der Waals surface area contributed by atoms with Gasteiger partial charge in [0.2, 0.25) is 0 Å². The van der Waals surface area contributed by atoms with Gasteiger partial charge in [-0.2, -0.15) is 0 Å². The Morgan fingerprint density at radius 1 is 1.23 bits per heavy atom. The molecule has 6 atom stereocenters. The molecule has 4 rings (SSSR count). The van der Waals surface area contributed by atoms with Crippen LogP contribution in [-0.4, -0.2) is 28.2 Å². The van der Waals surface area contributed by atoms with E-state index < -0.39 is 12.2 Å². The van der Waals surface area contributed by atoms with Crippen molar-refractivity contribution in [1.82, 2.24) is 0 Å². The quantitative estimate of drug-likeness (QED) is 0.604. The van der Waals surface area contributed by atoms with Crippen molar-refractivity contribution < 1.29 is 15.0 Å². The Kier molecular flexibility index (Phi) is 6.42. The molecule has 0 saturated heterocycles. The topological polar surface area (TPSA) is 57.5 Å². The number of carbonyl (C=O) groups is 1. The van der Waals surface area contributed by atoms with Gasteiger partial charge in [0.05, 0.1) is 12.2 Å². The summed E-state index contributed by atoms with van der Waals surface area (Å²) in [5, 5.41) is 20.2. The number of hydrogen-bond donors (Lipinski definition) is 2. The Labute approximate surface area is 182 Å². The normalized spacial score (nSPS) is 40.6. The average Bonchev–Trinajstić information content (AvgIpc) is 3.49. The highest BCUT2D eigenvalue weighted by molar-refractivity contribution is 5.83. The highest BCUT2D eigenvalue weighted by atomic mass is 16.3. The van der Waals surface area contributed by atoms with E-state index in [1.807, 2.05) is 0 Å². The molecule has 0 heterocycles. The molecule has 0 aromatic carbocycles. The summed E-state index contributed by atoms with van der Waals surface area (Å²) in [4.78, 5) is 12.2. The lowest BCUT2D eigenvalue weighted by Crippen LogP contribution is -2.36. The molecule has 4 fully saturated rings. The van der Waals surface area contributed by atoms with Crippen LogP contribution in [0.5, 0.6) is 0 Å². The summed E-state index contributed by atoms with van der Waals surface area (Å²) in [6.07, 6.45) is 14.6. The van der Waals surface area contributed by atoms with E-state index in [9.17, 15) is 15.0 Å². The largest absolute Gasteiger partial charge is 0.393 e. The SMILES string of the molecule is C=C1/C(=C\C=C2/CCC[C@@]3(C)[C@H]2CC[C@H]3C(C)CCC(=O)C2CC2)C[C@@H](O)C[C@@H]1O. The molecule has 0 bridgehead atoms. The van der Waals surface area contributed by atoms with Crippen molar-refractivity contribution in [2.75, 3.05) is 0 Å². The van der Waals surface area contributed by atoms with Gasteiger partial charge in [0.25, 0.3) is 0 Å². The van der Waals surface area contributed by atoms with E-state index in [1.165, 1.54) is 25.7 Å². The number of allylic oxidation sites excluding steroid dienone is 3. The van der Waals surface area contributed by atoms with Crippen molar-refractivity contribution in [3.63, 3.8) is 0 Å². The van der Waals surface area contributed by atoms with Crippen molar-refractivity contribution in [3.05, 3.63) is 35.5 Å². The molecule has 3 nitrogen and oxygen atoms in total. The van der Waals surface area contributed by atoms with Crippen LogP contribution in [0.3, 0.4) is 0 Å². The number of ketones is 1. The van der Waals surface area contributed by atoms with Gasteiger partial charge in [0.1, 0.15) is 5.78 Å². The van der Waals surface area contributed by atoms with Gasteiger partial charge < -0.3 is 10.2 Å². The second kappa shape index (κ2) is 8.74. The summed E-state index contributed by atoms with van der Waals surface area (Å²) < 4.78 is 0. The summed E-state index contributed by atoms with van der Waals surface area (Å²) in [5.74, 6) is 2.85. The van der Waals surface area contributed by atoms with Crippen LogP contribution in [0.4, 0.5) is 0 Å². The third kappa shape index (κ3) is 4.39. The number of fused-ring (bicyclic) bond motifs is 1. The third-order valence-electron chi connectivity index (χ3n) is 8.87. The Morgan fingerprint density at radius 3 is 2.73 bits per heavy atom. The van der Waals surface area contributed by atoms with Gasteiger partial charge in [-0.15, -0.1) is 0 Å². The van der Waals surface area contributed by atoms with Crippen LogP contribution in [0.25, 0.3) is 0 Å². The molecule has 4 saturated carbocycles. The van der Waals surface area contributed by atoms with Crippen molar-refractivity contribution in [3.8, 4) is 0 Å². The van der Waals surface area contributed by atoms with Crippen LogP contribution in [0.15, 0.2) is 35.5 Å². The van der Waals surface area contributed by atoms with E-state index in [2.05, 4.69) is 32.6 Å². The summed E-state index contributed by atoms with van der Waals surface area (Å²) >= 11 is 0. The van der Waals surface area contributed by atoms with Crippen LogP contribution in [0.1, 0.15) is 84.5 Å². The van der Waals surface area contributed by atoms with Crippen molar-refractivity contribution in [2.45, 2.75) is 96.7 Å². The first-order chi connectivity index (χ1) is 14.3. The van der Waals surface area contributed by atoms with Gasteiger partial charge in [-0.1, -0.05) is 38.2 Å². The van der Waals surface area contributed by atoms with Gasteiger partial charge in [-0.05, 0) is 92.1 Å². The molecule has 1 unspecified atom stereocenters. The number of hydrogen-bond acceptors (Lipinski definition) is 3. The Bertz CT molecular complexity index is 743. The fourth-order valence-corrected chi connectivity index (χ4v) is 6.86. The second-order valence-corrected chi connectivity index (χ2v) is 10.9. The molecule has 0 amide bonds. The zero-order valence-electron chi connectivity index (χ0n) is 18.9. The van der Waals surface area contributed by atoms with E-state index in [-0.39, 0.29) is 0 Å². The molecular formula is C27H40O3. The number of aliphatic hydroxyl groups is 2. The maximum atomic E-state index is 12.2. The monoisotopic (exact) mass is 412 g/mol. The molecule has 166 valence electrons. The van der Waals surface area contributed by atoms with E-state index in [4.69, 9.17) is 0 Å². The third-order valence-corrected chi connectivity index (χ3v) is 8.87. The summed E-state index contributed by atoms with van der Waals surface area (Å²) in [6.45, 7) is 8.94. The minimum Gasteiger partial charge on any atom is -0.393 e. The zero-order valence-corrected chi connectivity index (χ0v) is 18.9. The highest BCUT2D eigenvalue weighted by Crippen LogP contribution is 2.60. The minimum atomic E-state index is -0.620. The molecule has 30 heavy (non-hydrogen) atoms. The summed E-state index contributed by atoms with van der Waals surface area (Å²) in [7, 11) is 0. The Hall–Kier alpha value is -1.19.